The van der Waals surface area contributed by atoms with E-state index in [2.05, 4.69) is 5.32 Å². The first kappa shape index (κ1) is 24.1. The van der Waals surface area contributed by atoms with E-state index in [1.165, 1.54) is 0 Å². The molecule has 0 saturated heterocycles. The number of carbonyl (C=O) groups is 2. The van der Waals surface area contributed by atoms with Gasteiger partial charge in [0.2, 0.25) is 0 Å². The summed E-state index contributed by atoms with van der Waals surface area (Å²) in [6.07, 6.45) is 1.75. The Kier molecular flexibility index (Phi) is 6.10. The predicted molar refractivity (Wildman–Crippen MR) is 138 cm³/mol. The molecule has 5 rings (SSSR count). The summed E-state index contributed by atoms with van der Waals surface area (Å²) in [6, 6.07) is 19.9. The Morgan fingerprint density at radius 2 is 1.89 bits per heavy atom. The molecule has 3 aromatic carbocycles. The van der Waals surface area contributed by atoms with Crippen LogP contribution in [0.2, 0.25) is 5.02 Å². The molecule has 2 heterocycles. The second-order valence-corrected chi connectivity index (χ2v) is 10.3. The van der Waals surface area contributed by atoms with Crippen molar-refractivity contribution in [1.82, 2.24) is 0 Å². The van der Waals surface area contributed by atoms with Gasteiger partial charge in [-0.1, -0.05) is 61.8 Å². The van der Waals surface area contributed by atoms with Gasteiger partial charge in [-0.25, -0.2) is 4.79 Å². The molecule has 36 heavy (non-hydrogen) atoms. The average Bonchev–Trinajstić information content (AvgIpc) is 3.46. The van der Waals surface area contributed by atoms with E-state index in [1.807, 2.05) is 44.2 Å². The number of halogens is 1. The minimum atomic E-state index is -1.81. The molecule has 1 unspecified atom stereocenters. The average molecular weight is 504 g/mol. The molecule has 1 atom stereocenters. The second-order valence-electron chi connectivity index (χ2n) is 9.91. The summed E-state index contributed by atoms with van der Waals surface area (Å²) < 4.78 is 10.8. The number of rotatable bonds is 7. The number of benzene rings is 3. The molecule has 1 amide bonds. The van der Waals surface area contributed by atoms with Crippen molar-refractivity contribution in [2.75, 3.05) is 5.32 Å². The molecule has 0 bridgehead atoms. The lowest BCUT2D eigenvalue weighted by molar-refractivity contribution is -0.136. The quantitative estimate of drug-likeness (QED) is 0.300. The fourth-order valence-corrected chi connectivity index (χ4v) is 5.19. The first-order chi connectivity index (χ1) is 17.2. The SMILES string of the molecule is CC(C)(CC(O)(Cc1ccccc1Cl)C(=O)Nc1ccc2c(c1)COC2=O)c1cccc2ccoc12. The van der Waals surface area contributed by atoms with E-state index in [0.29, 0.717) is 27.4 Å². The number of fused-ring (bicyclic) bond motifs is 2. The van der Waals surface area contributed by atoms with Crippen LogP contribution in [0.25, 0.3) is 11.0 Å². The summed E-state index contributed by atoms with van der Waals surface area (Å²) in [6.45, 7) is 4.11. The third-order valence-electron chi connectivity index (χ3n) is 6.75. The summed E-state index contributed by atoms with van der Waals surface area (Å²) in [5, 5.41) is 16.3. The third kappa shape index (κ3) is 4.50. The first-order valence-corrected chi connectivity index (χ1v) is 12.1. The maximum atomic E-state index is 13.7. The molecule has 0 fully saturated rings. The molecular formula is C29H26ClNO5. The molecule has 4 aromatic rings. The number of anilines is 1. The highest BCUT2D eigenvalue weighted by atomic mass is 35.5. The van der Waals surface area contributed by atoms with Crippen LogP contribution >= 0.6 is 11.6 Å². The van der Waals surface area contributed by atoms with Crippen molar-refractivity contribution in [1.29, 1.82) is 0 Å². The number of hydrogen-bond acceptors (Lipinski definition) is 5. The molecule has 6 nitrogen and oxygen atoms in total. The molecule has 1 aromatic heterocycles. The van der Waals surface area contributed by atoms with Gasteiger partial charge in [0.1, 0.15) is 17.8 Å². The number of amides is 1. The fourth-order valence-electron chi connectivity index (χ4n) is 4.99. The lowest BCUT2D eigenvalue weighted by Gasteiger charge is -2.36. The molecule has 0 spiro atoms. The van der Waals surface area contributed by atoms with E-state index in [-0.39, 0.29) is 25.4 Å². The Morgan fingerprint density at radius 1 is 1.08 bits per heavy atom. The maximum absolute atomic E-state index is 13.7. The summed E-state index contributed by atoms with van der Waals surface area (Å²) >= 11 is 6.42. The minimum absolute atomic E-state index is 0.0165. The number of furan rings is 1. The van der Waals surface area contributed by atoms with Crippen molar-refractivity contribution in [2.24, 2.45) is 0 Å². The zero-order valence-corrected chi connectivity index (χ0v) is 20.8. The van der Waals surface area contributed by atoms with Gasteiger partial charge >= 0.3 is 5.97 Å². The van der Waals surface area contributed by atoms with Crippen molar-refractivity contribution in [3.63, 3.8) is 0 Å². The van der Waals surface area contributed by atoms with Crippen molar-refractivity contribution in [3.05, 3.63) is 100 Å². The van der Waals surface area contributed by atoms with E-state index in [4.69, 9.17) is 20.8 Å². The van der Waals surface area contributed by atoms with Gasteiger partial charge in [0.25, 0.3) is 5.91 Å². The number of carbonyl (C=O) groups excluding carboxylic acids is 2. The topological polar surface area (TPSA) is 88.8 Å². The minimum Gasteiger partial charge on any atom is -0.464 e. The van der Waals surface area contributed by atoms with Gasteiger partial charge in [-0.3, -0.25) is 4.79 Å². The van der Waals surface area contributed by atoms with Gasteiger partial charge in [-0.2, -0.15) is 0 Å². The van der Waals surface area contributed by atoms with Gasteiger partial charge in [0.15, 0.2) is 0 Å². The monoisotopic (exact) mass is 503 g/mol. The smallest absolute Gasteiger partial charge is 0.338 e. The van der Waals surface area contributed by atoms with Crippen LogP contribution in [0, 0.1) is 0 Å². The molecular weight excluding hydrogens is 478 g/mol. The Hall–Kier alpha value is -3.61. The zero-order valence-electron chi connectivity index (χ0n) is 20.0. The number of hydrogen-bond donors (Lipinski definition) is 2. The molecule has 1 aliphatic heterocycles. The van der Waals surface area contributed by atoms with Gasteiger partial charge in [-0.05, 0) is 47.7 Å². The summed E-state index contributed by atoms with van der Waals surface area (Å²) in [5.41, 5.74) is 1.48. The van der Waals surface area contributed by atoms with Crippen LogP contribution in [0.3, 0.4) is 0 Å². The van der Waals surface area contributed by atoms with Crippen LogP contribution in [-0.4, -0.2) is 22.6 Å². The van der Waals surface area contributed by atoms with E-state index in [0.717, 1.165) is 16.5 Å². The highest BCUT2D eigenvalue weighted by Gasteiger charge is 2.43. The number of nitrogens with one attached hydrogen (secondary N) is 1. The van der Waals surface area contributed by atoms with E-state index in [1.54, 1.807) is 42.7 Å². The van der Waals surface area contributed by atoms with Crippen molar-refractivity contribution < 1.29 is 23.8 Å². The number of esters is 1. The molecule has 0 radical (unpaired) electrons. The van der Waals surface area contributed by atoms with Crippen LogP contribution in [0.5, 0.6) is 0 Å². The standard InChI is InChI=1S/C29H26ClNO5/c1-28(2,23-8-5-7-18-12-13-35-25(18)23)17-29(34,15-19-6-3-4-9-24(19)30)27(33)31-21-10-11-22-20(14-21)16-36-26(22)32/h3-14,34H,15-17H2,1-2H3,(H,31,33). The Bertz CT molecular complexity index is 1470. The highest BCUT2D eigenvalue weighted by molar-refractivity contribution is 6.31. The number of aliphatic hydroxyl groups is 1. The predicted octanol–water partition coefficient (Wildman–Crippen LogP) is 6.04. The Balaban J connectivity index is 1.50. The highest BCUT2D eigenvalue weighted by Crippen LogP contribution is 2.39. The molecule has 0 aliphatic carbocycles. The van der Waals surface area contributed by atoms with Gasteiger partial charge < -0.3 is 19.6 Å². The van der Waals surface area contributed by atoms with E-state index in [9.17, 15) is 14.7 Å². The lowest BCUT2D eigenvalue weighted by Crippen LogP contribution is -2.49. The molecule has 184 valence electrons. The van der Waals surface area contributed by atoms with Gasteiger partial charge in [0, 0.05) is 33.6 Å². The Labute approximate surface area is 213 Å². The van der Waals surface area contributed by atoms with Crippen LogP contribution in [0.4, 0.5) is 5.69 Å². The molecule has 2 N–H and O–H groups in total. The Morgan fingerprint density at radius 3 is 2.69 bits per heavy atom. The van der Waals surface area contributed by atoms with E-state index >= 15 is 0 Å². The largest absolute Gasteiger partial charge is 0.464 e. The number of para-hydroxylation sites is 1. The zero-order chi connectivity index (χ0) is 25.5. The summed E-state index contributed by atoms with van der Waals surface area (Å²) in [4.78, 5) is 25.5. The lowest BCUT2D eigenvalue weighted by atomic mass is 9.72. The maximum Gasteiger partial charge on any atom is 0.338 e. The summed E-state index contributed by atoms with van der Waals surface area (Å²) in [5.74, 6) is -0.945. The normalized spacial score (nSPS) is 14.8. The van der Waals surface area contributed by atoms with Gasteiger partial charge in [0.05, 0.1) is 11.8 Å². The molecule has 7 heteroatoms. The van der Waals surface area contributed by atoms with Crippen molar-refractivity contribution >= 4 is 40.1 Å². The van der Waals surface area contributed by atoms with Crippen LogP contribution in [0.1, 0.15) is 47.3 Å². The van der Waals surface area contributed by atoms with E-state index < -0.39 is 16.9 Å². The number of cyclic esters (lactones) is 1. The van der Waals surface area contributed by atoms with Crippen LogP contribution in [-0.2, 0) is 28.0 Å². The van der Waals surface area contributed by atoms with Crippen molar-refractivity contribution in [3.8, 4) is 0 Å². The fraction of sp³-hybridized carbons (Fsp3) is 0.241. The number of ether oxygens (including phenoxy) is 1. The second kappa shape index (κ2) is 9.12. The summed E-state index contributed by atoms with van der Waals surface area (Å²) in [7, 11) is 0. The first-order valence-electron chi connectivity index (χ1n) is 11.7. The molecule has 1 aliphatic rings. The van der Waals surface area contributed by atoms with Crippen molar-refractivity contribution in [2.45, 2.75) is 44.3 Å². The van der Waals surface area contributed by atoms with Crippen LogP contribution in [0.15, 0.2) is 77.4 Å². The molecule has 0 saturated carbocycles. The van der Waals surface area contributed by atoms with Crippen LogP contribution < -0.4 is 5.32 Å². The van der Waals surface area contributed by atoms with Gasteiger partial charge in [-0.15, -0.1) is 0 Å². The third-order valence-corrected chi connectivity index (χ3v) is 7.12.